The number of nitrogens with one attached hydrogen (secondary N) is 1. The zero-order chi connectivity index (χ0) is 14.5. The molecule has 0 saturated heterocycles. The van der Waals surface area contributed by atoms with Crippen molar-refractivity contribution in [2.75, 3.05) is 7.05 Å². The Balaban J connectivity index is 2.93. The van der Waals surface area contributed by atoms with Gasteiger partial charge in [-0.1, -0.05) is 37.3 Å². The molecule has 1 unspecified atom stereocenters. The topological polar surface area (TPSA) is 32.3 Å². The number of hydrogen-bond acceptors (Lipinski definition) is 2. The molecule has 0 bridgehead atoms. The fourth-order valence-corrected chi connectivity index (χ4v) is 1.89. The van der Waals surface area contributed by atoms with E-state index in [0.717, 1.165) is 6.42 Å². The number of carbonyl (C=O) groups is 1. The summed E-state index contributed by atoms with van der Waals surface area (Å²) in [6, 6.07) is 10.4. The third-order valence-corrected chi connectivity index (χ3v) is 3.74. The number of amides is 1. The Bertz CT molecular complexity index is 400. The Kier molecular flexibility index (Phi) is 5.55. The molecule has 0 aromatic heterocycles. The van der Waals surface area contributed by atoms with Gasteiger partial charge in [0.2, 0.25) is 5.91 Å². The van der Waals surface area contributed by atoms with Crippen LogP contribution in [0.5, 0.6) is 0 Å². The van der Waals surface area contributed by atoms with E-state index in [1.54, 1.807) is 0 Å². The molecule has 0 radical (unpaired) electrons. The molecule has 0 spiro atoms. The Morgan fingerprint density at radius 1 is 1.32 bits per heavy atom. The zero-order valence-corrected chi connectivity index (χ0v) is 12.7. The first-order valence-electron chi connectivity index (χ1n) is 6.96. The van der Waals surface area contributed by atoms with E-state index in [2.05, 4.69) is 31.3 Å². The van der Waals surface area contributed by atoms with Crippen molar-refractivity contribution in [2.45, 2.75) is 52.2 Å². The summed E-state index contributed by atoms with van der Waals surface area (Å²) in [7, 11) is 1.83. The van der Waals surface area contributed by atoms with Crippen LogP contribution in [-0.2, 0) is 11.3 Å². The summed E-state index contributed by atoms with van der Waals surface area (Å²) in [5.74, 6) is 0.146. The Morgan fingerprint density at radius 3 is 2.37 bits per heavy atom. The van der Waals surface area contributed by atoms with Crippen molar-refractivity contribution in [1.29, 1.82) is 0 Å². The summed E-state index contributed by atoms with van der Waals surface area (Å²) in [6.45, 7) is 8.74. The van der Waals surface area contributed by atoms with Gasteiger partial charge in [-0.15, -0.1) is 0 Å². The summed E-state index contributed by atoms with van der Waals surface area (Å²) in [4.78, 5) is 14.6. The average molecular weight is 262 g/mol. The van der Waals surface area contributed by atoms with Gasteiger partial charge in [0, 0.05) is 12.6 Å². The van der Waals surface area contributed by atoms with Crippen molar-refractivity contribution >= 4 is 5.91 Å². The maximum atomic E-state index is 12.7. The lowest BCUT2D eigenvalue weighted by Gasteiger charge is -2.35. The van der Waals surface area contributed by atoms with Crippen LogP contribution in [0.25, 0.3) is 0 Å². The molecule has 0 aliphatic heterocycles. The standard InChI is InChI=1S/C16H26N2O/c1-6-13(2)18(15(19)16(3,4)17-5)12-14-10-8-7-9-11-14/h7-11,13,17H,6,12H2,1-5H3. The van der Waals surface area contributed by atoms with Gasteiger partial charge in [0.15, 0.2) is 0 Å². The van der Waals surface area contributed by atoms with Crippen LogP contribution in [0.4, 0.5) is 0 Å². The SMILES string of the molecule is CCC(C)N(Cc1ccccc1)C(=O)C(C)(C)NC. The maximum absolute atomic E-state index is 12.7. The molecule has 0 saturated carbocycles. The van der Waals surface area contributed by atoms with Crippen molar-refractivity contribution in [1.82, 2.24) is 10.2 Å². The predicted molar refractivity (Wildman–Crippen MR) is 79.9 cm³/mol. The molecule has 106 valence electrons. The average Bonchev–Trinajstić information content (AvgIpc) is 2.44. The predicted octanol–water partition coefficient (Wildman–Crippen LogP) is 2.81. The van der Waals surface area contributed by atoms with Gasteiger partial charge in [-0.25, -0.2) is 0 Å². The lowest BCUT2D eigenvalue weighted by atomic mass is 10.0. The molecule has 1 atom stereocenters. The number of rotatable bonds is 6. The number of hydrogen-bond donors (Lipinski definition) is 1. The first kappa shape index (κ1) is 15.7. The van der Waals surface area contributed by atoms with Crippen LogP contribution in [0.3, 0.4) is 0 Å². The van der Waals surface area contributed by atoms with Crippen molar-refractivity contribution < 1.29 is 4.79 Å². The van der Waals surface area contributed by atoms with E-state index >= 15 is 0 Å². The lowest BCUT2D eigenvalue weighted by Crippen LogP contribution is -2.54. The van der Waals surface area contributed by atoms with E-state index in [1.165, 1.54) is 5.56 Å². The Labute approximate surface area is 117 Å². The fourth-order valence-electron chi connectivity index (χ4n) is 1.89. The van der Waals surface area contributed by atoms with E-state index in [1.807, 2.05) is 44.0 Å². The van der Waals surface area contributed by atoms with Crippen LogP contribution in [0.15, 0.2) is 30.3 Å². The molecule has 1 amide bonds. The Hall–Kier alpha value is -1.35. The van der Waals surface area contributed by atoms with Crippen LogP contribution in [0.2, 0.25) is 0 Å². The minimum absolute atomic E-state index is 0.146. The summed E-state index contributed by atoms with van der Waals surface area (Å²) in [6.07, 6.45) is 0.957. The first-order chi connectivity index (χ1) is 8.92. The highest BCUT2D eigenvalue weighted by Gasteiger charge is 2.32. The molecular formula is C16H26N2O. The molecule has 0 heterocycles. The van der Waals surface area contributed by atoms with E-state index in [0.29, 0.717) is 6.54 Å². The van der Waals surface area contributed by atoms with Gasteiger partial charge < -0.3 is 10.2 Å². The number of likely N-dealkylation sites (N-methyl/N-ethyl adjacent to an activating group) is 1. The molecule has 1 N–H and O–H groups in total. The molecule has 1 aromatic rings. The second-order valence-corrected chi connectivity index (χ2v) is 5.55. The second kappa shape index (κ2) is 6.71. The first-order valence-corrected chi connectivity index (χ1v) is 6.96. The van der Waals surface area contributed by atoms with E-state index in [4.69, 9.17) is 0 Å². The second-order valence-electron chi connectivity index (χ2n) is 5.55. The molecule has 0 aliphatic carbocycles. The van der Waals surface area contributed by atoms with Crippen LogP contribution in [0.1, 0.15) is 39.7 Å². The van der Waals surface area contributed by atoms with E-state index in [-0.39, 0.29) is 11.9 Å². The van der Waals surface area contributed by atoms with Gasteiger partial charge in [0.05, 0.1) is 5.54 Å². The molecular weight excluding hydrogens is 236 g/mol. The van der Waals surface area contributed by atoms with Crippen LogP contribution in [-0.4, -0.2) is 29.4 Å². The normalized spacial score (nSPS) is 13.1. The summed E-state index contributed by atoms with van der Waals surface area (Å²) in [5, 5.41) is 3.10. The number of benzene rings is 1. The number of carbonyl (C=O) groups excluding carboxylic acids is 1. The van der Waals surface area contributed by atoms with Gasteiger partial charge in [-0.05, 0) is 39.8 Å². The van der Waals surface area contributed by atoms with Crippen molar-refractivity contribution in [3.05, 3.63) is 35.9 Å². The summed E-state index contributed by atoms with van der Waals surface area (Å²) >= 11 is 0. The fraction of sp³-hybridized carbons (Fsp3) is 0.562. The molecule has 3 nitrogen and oxygen atoms in total. The van der Waals surface area contributed by atoms with Gasteiger partial charge in [-0.3, -0.25) is 4.79 Å². The summed E-state index contributed by atoms with van der Waals surface area (Å²) in [5.41, 5.74) is 0.640. The highest BCUT2D eigenvalue weighted by atomic mass is 16.2. The molecule has 3 heteroatoms. The summed E-state index contributed by atoms with van der Waals surface area (Å²) < 4.78 is 0. The molecule has 0 fully saturated rings. The third kappa shape index (κ3) is 4.06. The minimum Gasteiger partial charge on any atom is -0.334 e. The third-order valence-electron chi connectivity index (χ3n) is 3.74. The Morgan fingerprint density at radius 2 is 1.89 bits per heavy atom. The van der Waals surface area contributed by atoms with Crippen molar-refractivity contribution in [3.63, 3.8) is 0 Å². The molecule has 1 rings (SSSR count). The highest BCUT2D eigenvalue weighted by Crippen LogP contribution is 2.16. The van der Waals surface area contributed by atoms with Crippen LogP contribution in [0, 0.1) is 0 Å². The van der Waals surface area contributed by atoms with Gasteiger partial charge in [0.1, 0.15) is 0 Å². The maximum Gasteiger partial charge on any atom is 0.242 e. The largest absolute Gasteiger partial charge is 0.334 e. The highest BCUT2D eigenvalue weighted by molar-refractivity contribution is 5.85. The van der Waals surface area contributed by atoms with E-state index < -0.39 is 5.54 Å². The minimum atomic E-state index is -0.530. The quantitative estimate of drug-likeness (QED) is 0.855. The van der Waals surface area contributed by atoms with Gasteiger partial charge >= 0.3 is 0 Å². The molecule has 0 aliphatic rings. The van der Waals surface area contributed by atoms with Crippen LogP contribution < -0.4 is 5.32 Å². The van der Waals surface area contributed by atoms with Crippen molar-refractivity contribution in [3.8, 4) is 0 Å². The van der Waals surface area contributed by atoms with Crippen LogP contribution >= 0.6 is 0 Å². The van der Waals surface area contributed by atoms with E-state index in [9.17, 15) is 4.79 Å². The lowest BCUT2D eigenvalue weighted by molar-refractivity contribution is -0.139. The smallest absolute Gasteiger partial charge is 0.242 e. The van der Waals surface area contributed by atoms with Crippen molar-refractivity contribution in [2.24, 2.45) is 0 Å². The molecule has 19 heavy (non-hydrogen) atoms. The van der Waals surface area contributed by atoms with Gasteiger partial charge in [0.25, 0.3) is 0 Å². The monoisotopic (exact) mass is 262 g/mol. The van der Waals surface area contributed by atoms with Gasteiger partial charge in [-0.2, -0.15) is 0 Å². The molecule has 1 aromatic carbocycles. The zero-order valence-electron chi connectivity index (χ0n) is 12.7. The number of nitrogens with zero attached hydrogens (tertiary/aromatic N) is 1.